The van der Waals surface area contributed by atoms with Crippen molar-refractivity contribution < 1.29 is 5.11 Å². The molecule has 0 aromatic heterocycles. The molecular formula is C20H26OSi. The highest BCUT2D eigenvalue weighted by molar-refractivity contribution is 6.83. The first kappa shape index (κ1) is 16.8. The number of hydrogen-bond donors (Lipinski definition) is 1. The van der Waals surface area contributed by atoms with Crippen LogP contribution < -0.4 is 0 Å². The summed E-state index contributed by atoms with van der Waals surface area (Å²) in [5.74, 6) is 3.36. The van der Waals surface area contributed by atoms with E-state index in [9.17, 15) is 5.11 Å². The minimum Gasteiger partial charge on any atom is -0.388 e. The summed E-state index contributed by atoms with van der Waals surface area (Å²) in [5.41, 5.74) is 10.2. The van der Waals surface area contributed by atoms with Crippen molar-refractivity contribution in [2.24, 2.45) is 0 Å². The van der Waals surface area contributed by atoms with Gasteiger partial charge in [-0.1, -0.05) is 62.3 Å². The molecule has 0 radical (unpaired) electrons. The second-order valence-electron chi connectivity index (χ2n) is 7.05. The molecule has 0 bridgehead atoms. The fourth-order valence-electron chi connectivity index (χ4n) is 2.52. The number of hydrogen-bond acceptors (Lipinski definition) is 1. The average molecular weight is 311 g/mol. The fourth-order valence-corrected chi connectivity index (χ4v) is 3.04. The average Bonchev–Trinajstić information content (AvgIpc) is 2.47. The normalized spacial score (nSPS) is 18.2. The van der Waals surface area contributed by atoms with Crippen LogP contribution in [0.15, 0.2) is 47.2 Å². The van der Waals surface area contributed by atoms with E-state index >= 15 is 0 Å². The van der Waals surface area contributed by atoms with E-state index in [0.29, 0.717) is 0 Å². The van der Waals surface area contributed by atoms with Crippen LogP contribution in [0.5, 0.6) is 0 Å². The molecule has 0 amide bonds. The zero-order valence-corrected chi connectivity index (χ0v) is 14.9. The Morgan fingerprint density at radius 2 is 1.91 bits per heavy atom. The lowest BCUT2D eigenvalue weighted by atomic mass is 9.92. The Hall–Kier alpha value is -1.52. The third kappa shape index (κ3) is 5.70. The molecule has 1 atom stereocenters. The molecule has 0 aliphatic heterocycles. The maximum absolute atomic E-state index is 10.2. The van der Waals surface area contributed by atoms with Gasteiger partial charge in [-0.25, -0.2) is 0 Å². The lowest BCUT2D eigenvalue weighted by molar-refractivity contribution is 0.179. The van der Waals surface area contributed by atoms with Gasteiger partial charge in [0.15, 0.2) is 0 Å². The monoisotopic (exact) mass is 310 g/mol. The topological polar surface area (TPSA) is 20.2 Å². The van der Waals surface area contributed by atoms with Gasteiger partial charge < -0.3 is 5.11 Å². The third-order valence-electron chi connectivity index (χ3n) is 3.70. The standard InChI is InChI=1S/C20H26OSi/c1-22(2,3)14-13-18(15-17-9-5-4-6-10-17)16-19-11-7-8-12-20(19)21/h4-6,9-10,20-21H,7-8,11-12,15H2,1-3H3/t16?,20-/m1/s1. The van der Waals surface area contributed by atoms with Gasteiger partial charge in [0, 0.05) is 17.6 Å². The lowest BCUT2D eigenvalue weighted by Crippen LogP contribution is -2.16. The predicted molar refractivity (Wildman–Crippen MR) is 96.3 cm³/mol. The molecule has 116 valence electrons. The predicted octanol–water partition coefficient (Wildman–Crippen LogP) is 4.50. The van der Waals surface area contributed by atoms with Crippen LogP contribution in [0.2, 0.25) is 19.6 Å². The molecule has 22 heavy (non-hydrogen) atoms. The Morgan fingerprint density at radius 3 is 2.55 bits per heavy atom. The first-order valence-corrected chi connectivity index (χ1v) is 11.7. The quantitative estimate of drug-likeness (QED) is 0.484. The molecule has 0 unspecified atom stereocenters. The highest BCUT2D eigenvalue weighted by Gasteiger charge is 2.15. The van der Waals surface area contributed by atoms with Gasteiger partial charge in [-0.2, -0.15) is 0 Å². The van der Waals surface area contributed by atoms with Crippen molar-refractivity contribution in [3.63, 3.8) is 0 Å². The summed E-state index contributed by atoms with van der Waals surface area (Å²) in [6, 6.07) is 10.4. The Labute approximate surface area is 135 Å². The van der Waals surface area contributed by atoms with Crippen LogP contribution in [0.4, 0.5) is 0 Å². The van der Waals surface area contributed by atoms with Crippen LogP contribution in [0, 0.1) is 11.5 Å². The van der Waals surface area contributed by atoms with Crippen molar-refractivity contribution in [2.45, 2.75) is 57.8 Å². The molecule has 2 rings (SSSR count). The van der Waals surface area contributed by atoms with E-state index in [1.807, 2.05) is 6.07 Å². The molecule has 1 fully saturated rings. The second kappa shape index (κ2) is 7.65. The number of benzene rings is 1. The van der Waals surface area contributed by atoms with E-state index < -0.39 is 8.07 Å². The smallest absolute Gasteiger partial charge is 0.129 e. The summed E-state index contributed by atoms with van der Waals surface area (Å²) >= 11 is 0. The van der Waals surface area contributed by atoms with Crippen molar-refractivity contribution in [1.82, 2.24) is 0 Å². The van der Waals surface area contributed by atoms with Crippen LogP contribution in [0.25, 0.3) is 0 Å². The summed E-state index contributed by atoms with van der Waals surface area (Å²) in [7, 11) is -1.41. The van der Waals surface area contributed by atoms with E-state index in [4.69, 9.17) is 0 Å². The first-order valence-electron chi connectivity index (χ1n) is 8.18. The molecular weight excluding hydrogens is 284 g/mol. The number of aliphatic hydroxyl groups excluding tert-OH is 1. The van der Waals surface area contributed by atoms with Crippen LogP contribution in [0.1, 0.15) is 31.2 Å². The van der Waals surface area contributed by atoms with Gasteiger partial charge in [-0.15, -0.1) is 11.3 Å². The van der Waals surface area contributed by atoms with E-state index in [1.165, 1.54) is 5.56 Å². The van der Waals surface area contributed by atoms with Crippen molar-refractivity contribution in [1.29, 1.82) is 0 Å². The van der Waals surface area contributed by atoms with Crippen LogP contribution in [0.3, 0.4) is 0 Å². The summed E-state index contributed by atoms with van der Waals surface area (Å²) in [5, 5.41) is 10.2. The molecule has 0 spiro atoms. The molecule has 1 saturated carbocycles. The van der Waals surface area contributed by atoms with Gasteiger partial charge in [0.05, 0.1) is 6.10 Å². The Kier molecular flexibility index (Phi) is 5.86. The molecule has 1 aromatic rings. The van der Waals surface area contributed by atoms with Gasteiger partial charge in [0.25, 0.3) is 0 Å². The van der Waals surface area contributed by atoms with Crippen molar-refractivity contribution in [3.8, 4) is 11.5 Å². The minimum absolute atomic E-state index is 0.326. The third-order valence-corrected chi connectivity index (χ3v) is 4.57. The van der Waals surface area contributed by atoms with Gasteiger partial charge >= 0.3 is 0 Å². The van der Waals surface area contributed by atoms with Crippen molar-refractivity contribution in [3.05, 3.63) is 52.8 Å². The zero-order valence-electron chi connectivity index (χ0n) is 13.9. The molecule has 2 heteroatoms. The van der Waals surface area contributed by atoms with Gasteiger partial charge in [0.1, 0.15) is 8.07 Å². The number of rotatable bonds is 2. The number of aliphatic hydroxyl groups is 1. The fraction of sp³-hybridized carbons (Fsp3) is 0.450. The Balaban J connectivity index is 2.36. The minimum atomic E-state index is -1.41. The highest BCUT2D eigenvalue weighted by Crippen LogP contribution is 2.23. The van der Waals surface area contributed by atoms with Gasteiger partial charge in [0.2, 0.25) is 0 Å². The van der Waals surface area contributed by atoms with Crippen LogP contribution >= 0.6 is 0 Å². The highest BCUT2D eigenvalue weighted by atomic mass is 28.3. The van der Waals surface area contributed by atoms with Crippen molar-refractivity contribution >= 4 is 8.07 Å². The van der Waals surface area contributed by atoms with E-state index in [0.717, 1.165) is 43.3 Å². The Bertz CT molecular complexity index is 619. The molecule has 1 aliphatic carbocycles. The maximum Gasteiger partial charge on any atom is 0.129 e. The summed E-state index contributed by atoms with van der Waals surface area (Å²) in [6.45, 7) is 6.76. The zero-order chi connectivity index (χ0) is 16.0. The molecule has 1 N–H and O–H groups in total. The molecule has 0 saturated heterocycles. The first-order chi connectivity index (χ1) is 10.4. The lowest BCUT2D eigenvalue weighted by Gasteiger charge is -2.18. The van der Waals surface area contributed by atoms with E-state index in [-0.39, 0.29) is 6.10 Å². The van der Waals surface area contributed by atoms with Gasteiger partial charge in [-0.05, 0) is 24.8 Å². The summed E-state index contributed by atoms with van der Waals surface area (Å²) in [6.07, 6.45) is 4.55. The van der Waals surface area contributed by atoms with E-state index in [2.05, 4.69) is 61.1 Å². The largest absolute Gasteiger partial charge is 0.388 e. The Morgan fingerprint density at radius 1 is 1.18 bits per heavy atom. The van der Waals surface area contributed by atoms with E-state index in [1.54, 1.807) is 0 Å². The van der Waals surface area contributed by atoms with Crippen molar-refractivity contribution in [2.75, 3.05) is 0 Å². The van der Waals surface area contributed by atoms with Gasteiger partial charge in [-0.3, -0.25) is 0 Å². The van der Waals surface area contributed by atoms with Crippen LogP contribution in [-0.2, 0) is 6.42 Å². The summed E-state index contributed by atoms with van der Waals surface area (Å²) in [4.78, 5) is 0. The molecule has 0 heterocycles. The second-order valence-corrected chi connectivity index (χ2v) is 11.8. The molecule has 1 aromatic carbocycles. The molecule has 1 aliphatic rings. The molecule has 1 nitrogen and oxygen atoms in total. The van der Waals surface area contributed by atoms with Crippen LogP contribution in [-0.4, -0.2) is 19.3 Å². The SMILES string of the molecule is C[Si](C)(C)C#CC(=C=C1CCCC[C@H]1O)Cc1ccccc1. The maximum atomic E-state index is 10.2. The summed E-state index contributed by atoms with van der Waals surface area (Å²) < 4.78 is 0.